The van der Waals surface area contributed by atoms with E-state index in [-0.39, 0.29) is 5.91 Å². The molecule has 1 aliphatic heterocycles. The Labute approximate surface area is 128 Å². The monoisotopic (exact) mass is 288 g/mol. The Morgan fingerprint density at radius 1 is 1.24 bits per heavy atom. The van der Waals surface area contributed by atoms with Crippen molar-refractivity contribution in [1.29, 1.82) is 0 Å². The fraction of sp³-hybridized carbons (Fsp3) is 0.611. The van der Waals surface area contributed by atoms with Crippen LogP contribution in [0.2, 0.25) is 0 Å². The van der Waals surface area contributed by atoms with Gasteiger partial charge in [-0.1, -0.05) is 45.2 Å². The van der Waals surface area contributed by atoms with Gasteiger partial charge in [-0.2, -0.15) is 0 Å². The van der Waals surface area contributed by atoms with Crippen LogP contribution in [-0.4, -0.2) is 12.5 Å². The molecule has 0 saturated heterocycles. The molecule has 3 heteroatoms. The Hall–Kier alpha value is -1.35. The number of unbranched alkanes of at least 4 members (excludes halogenated alkanes) is 2. The lowest BCUT2D eigenvalue weighted by Crippen LogP contribution is -2.27. The van der Waals surface area contributed by atoms with Gasteiger partial charge in [-0.3, -0.25) is 4.79 Å². The van der Waals surface area contributed by atoms with Crippen molar-refractivity contribution >= 4 is 11.6 Å². The molecule has 1 atom stereocenters. The maximum absolute atomic E-state index is 12.0. The minimum absolute atomic E-state index is 0.0978. The number of carbonyl (C=O) groups is 1. The van der Waals surface area contributed by atoms with E-state index in [9.17, 15) is 4.79 Å². The molecule has 1 unspecified atom stereocenters. The lowest BCUT2D eigenvalue weighted by molar-refractivity contribution is -0.119. The van der Waals surface area contributed by atoms with E-state index in [1.54, 1.807) is 0 Å². The molecule has 2 N–H and O–H groups in total. The van der Waals surface area contributed by atoms with E-state index in [2.05, 4.69) is 42.7 Å². The molecule has 0 aliphatic carbocycles. The maximum atomic E-state index is 12.0. The highest BCUT2D eigenvalue weighted by Crippen LogP contribution is 2.39. The Morgan fingerprint density at radius 3 is 2.67 bits per heavy atom. The Bertz CT molecular complexity index is 508. The molecule has 116 valence electrons. The Kier molecular flexibility index (Phi) is 5.04. The van der Waals surface area contributed by atoms with E-state index in [1.165, 1.54) is 24.8 Å². The van der Waals surface area contributed by atoms with Gasteiger partial charge in [0.25, 0.3) is 0 Å². The second kappa shape index (κ2) is 6.61. The van der Waals surface area contributed by atoms with Crippen LogP contribution in [0.25, 0.3) is 0 Å². The third-order valence-corrected chi connectivity index (χ3v) is 4.48. The molecule has 21 heavy (non-hydrogen) atoms. The molecule has 0 bridgehead atoms. The Morgan fingerprint density at radius 2 is 2.00 bits per heavy atom. The van der Waals surface area contributed by atoms with Crippen molar-refractivity contribution in [3.63, 3.8) is 0 Å². The molecule has 1 heterocycles. The second-order valence-corrected chi connectivity index (χ2v) is 6.49. The van der Waals surface area contributed by atoms with Crippen molar-refractivity contribution in [1.82, 2.24) is 5.32 Å². The van der Waals surface area contributed by atoms with Crippen molar-refractivity contribution in [3.05, 3.63) is 29.3 Å². The molecule has 2 rings (SSSR count). The van der Waals surface area contributed by atoms with Gasteiger partial charge in [0.2, 0.25) is 5.91 Å². The fourth-order valence-electron chi connectivity index (χ4n) is 3.04. The SMILES string of the molecule is CCCCCC(NCC)c1ccc2c(c1)C(C)(C)C(=O)N2. The van der Waals surface area contributed by atoms with E-state index >= 15 is 0 Å². The zero-order chi connectivity index (χ0) is 15.5. The van der Waals surface area contributed by atoms with Crippen molar-refractivity contribution < 1.29 is 4.79 Å². The van der Waals surface area contributed by atoms with Gasteiger partial charge in [-0.05, 0) is 44.0 Å². The van der Waals surface area contributed by atoms with Gasteiger partial charge in [-0.15, -0.1) is 0 Å². The molecule has 3 nitrogen and oxygen atoms in total. The molecule has 0 fully saturated rings. The fourth-order valence-corrected chi connectivity index (χ4v) is 3.04. The third-order valence-electron chi connectivity index (χ3n) is 4.48. The summed E-state index contributed by atoms with van der Waals surface area (Å²) in [6.45, 7) is 9.34. The first-order chi connectivity index (χ1) is 10.0. The number of rotatable bonds is 7. The molecule has 0 radical (unpaired) electrons. The molecule has 1 amide bonds. The minimum atomic E-state index is -0.425. The number of benzene rings is 1. The van der Waals surface area contributed by atoms with Crippen LogP contribution in [0.1, 0.15) is 70.5 Å². The number of amides is 1. The summed E-state index contributed by atoms with van der Waals surface area (Å²) >= 11 is 0. The van der Waals surface area contributed by atoms with E-state index in [4.69, 9.17) is 0 Å². The number of fused-ring (bicyclic) bond motifs is 1. The third kappa shape index (κ3) is 3.29. The van der Waals surface area contributed by atoms with Gasteiger partial charge in [0.15, 0.2) is 0 Å². The van der Waals surface area contributed by atoms with Gasteiger partial charge < -0.3 is 10.6 Å². The van der Waals surface area contributed by atoms with E-state index < -0.39 is 5.41 Å². The molecule has 0 saturated carbocycles. The lowest BCUT2D eigenvalue weighted by Gasteiger charge is -2.21. The van der Waals surface area contributed by atoms with E-state index in [0.29, 0.717) is 6.04 Å². The molecule has 1 aromatic rings. The van der Waals surface area contributed by atoms with Crippen LogP contribution in [0, 0.1) is 0 Å². The summed E-state index contributed by atoms with van der Waals surface area (Å²) in [5, 5.41) is 6.56. The van der Waals surface area contributed by atoms with Crippen LogP contribution in [-0.2, 0) is 10.2 Å². The first-order valence-electron chi connectivity index (χ1n) is 8.20. The standard InChI is InChI=1S/C18H28N2O/c1-5-7-8-9-15(19-6-2)13-10-11-16-14(12-13)18(3,4)17(21)20-16/h10-12,15,19H,5-9H2,1-4H3,(H,20,21). The van der Waals surface area contributed by atoms with Gasteiger partial charge >= 0.3 is 0 Å². The molecular weight excluding hydrogens is 260 g/mol. The van der Waals surface area contributed by atoms with Crippen molar-refractivity contribution in [2.45, 2.75) is 64.8 Å². The highest BCUT2D eigenvalue weighted by molar-refractivity contribution is 6.05. The number of hydrogen-bond donors (Lipinski definition) is 2. The van der Waals surface area contributed by atoms with Crippen LogP contribution < -0.4 is 10.6 Å². The molecular formula is C18H28N2O. The summed E-state index contributed by atoms with van der Waals surface area (Å²) < 4.78 is 0. The number of anilines is 1. The quantitative estimate of drug-likeness (QED) is 0.740. The minimum Gasteiger partial charge on any atom is -0.325 e. The first kappa shape index (κ1) is 16.0. The van der Waals surface area contributed by atoms with Crippen molar-refractivity contribution in [2.24, 2.45) is 0 Å². The van der Waals surface area contributed by atoms with Crippen molar-refractivity contribution in [2.75, 3.05) is 11.9 Å². The normalized spacial score (nSPS) is 17.4. The van der Waals surface area contributed by atoms with E-state index in [0.717, 1.165) is 24.2 Å². The summed E-state index contributed by atoms with van der Waals surface area (Å²) in [6.07, 6.45) is 4.92. The molecule has 1 aromatic carbocycles. The average molecular weight is 288 g/mol. The van der Waals surface area contributed by atoms with E-state index in [1.807, 2.05) is 13.8 Å². The van der Waals surface area contributed by atoms with Crippen LogP contribution in [0.15, 0.2) is 18.2 Å². The molecule has 1 aliphatic rings. The highest BCUT2D eigenvalue weighted by atomic mass is 16.2. The highest BCUT2D eigenvalue weighted by Gasteiger charge is 2.38. The summed E-state index contributed by atoms with van der Waals surface area (Å²) in [5.74, 6) is 0.0978. The van der Waals surface area contributed by atoms with Crippen LogP contribution in [0.4, 0.5) is 5.69 Å². The zero-order valence-corrected chi connectivity index (χ0v) is 13.8. The number of carbonyl (C=O) groups excluding carboxylic acids is 1. The predicted molar refractivity (Wildman–Crippen MR) is 88.7 cm³/mol. The van der Waals surface area contributed by atoms with Crippen LogP contribution >= 0.6 is 0 Å². The summed E-state index contributed by atoms with van der Waals surface area (Å²) in [7, 11) is 0. The van der Waals surface area contributed by atoms with Gasteiger partial charge in [0.05, 0.1) is 5.41 Å². The molecule has 0 aromatic heterocycles. The first-order valence-corrected chi connectivity index (χ1v) is 8.20. The Balaban J connectivity index is 2.23. The smallest absolute Gasteiger partial charge is 0.234 e. The summed E-state index contributed by atoms with van der Waals surface area (Å²) in [6, 6.07) is 6.81. The average Bonchev–Trinajstić information content (AvgIpc) is 2.68. The maximum Gasteiger partial charge on any atom is 0.234 e. The second-order valence-electron chi connectivity index (χ2n) is 6.49. The summed E-state index contributed by atoms with van der Waals surface area (Å²) in [5.41, 5.74) is 2.98. The zero-order valence-electron chi connectivity index (χ0n) is 13.8. The summed E-state index contributed by atoms with van der Waals surface area (Å²) in [4.78, 5) is 12.0. The number of nitrogens with one attached hydrogen (secondary N) is 2. The molecule has 0 spiro atoms. The largest absolute Gasteiger partial charge is 0.325 e. The number of hydrogen-bond acceptors (Lipinski definition) is 2. The van der Waals surface area contributed by atoms with Gasteiger partial charge in [0, 0.05) is 11.7 Å². The van der Waals surface area contributed by atoms with Crippen molar-refractivity contribution in [3.8, 4) is 0 Å². The van der Waals surface area contributed by atoms with Crippen LogP contribution in [0.5, 0.6) is 0 Å². The predicted octanol–water partition coefficient (Wildman–Crippen LogP) is 4.15. The topological polar surface area (TPSA) is 41.1 Å². The van der Waals surface area contributed by atoms with Gasteiger partial charge in [-0.25, -0.2) is 0 Å². The van der Waals surface area contributed by atoms with Crippen LogP contribution in [0.3, 0.4) is 0 Å². The van der Waals surface area contributed by atoms with Gasteiger partial charge in [0.1, 0.15) is 0 Å². The lowest BCUT2D eigenvalue weighted by atomic mass is 9.84.